The molecule has 0 bridgehead atoms. The van der Waals surface area contributed by atoms with E-state index < -0.39 is 0 Å². The molecular formula is C17H27NO4. The van der Waals surface area contributed by atoms with Crippen molar-refractivity contribution in [2.75, 3.05) is 52.7 Å². The molecule has 0 saturated carbocycles. The third-order valence-electron chi connectivity index (χ3n) is 3.48. The van der Waals surface area contributed by atoms with Crippen LogP contribution >= 0.6 is 0 Å². The van der Waals surface area contributed by atoms with E-state index in [1.807, 2.05) is 30.3 Å². The molecule has 1 aromatic rings. The molecular weight excluding hydrogens is 282 g/mol. The van der Waals surface area contributed by atoms with Crippen molar-refractivity contribution in [2.45, 2.75) is 18.9 Å². The average Bonchev–Trinajstić information content (AvgIpc) is 2.58. The molecule has 0 atom stereocenters. The molecule has 5 heteroatoms. The lowest BCUT2D eigenvalue weighted by Crippen LogP contribution is -2.33. The SMILES string of the molecule is c1ccc(OCCOCCOCCOC2CCNCC2)cc1. The van der Waals surface area contributed by atoms with Gasteiger partial charge in [-0.25, -0.2) is 0 Å². The third kappa shape index (κ3) is 7.75. The number of hydrogen-bond acceptors (Lipinski definition) is 5. The zero-order valence-corrected chi connectivity index (χ0v) is 13.2. The smallest absolute Gasteiger partial charge is 0.119 e. The molecule has 0 unspecified atom stereocenters. The van der Waals surface area contributed by atoms with Gasteiger partial charge in [0.05, 0.1) is 39.1 Å². The monoisotopic (exact) mass is 309 g/mol. The van der Waals surface area contributed by atoms with Crippen molar-refractivity contribution in [3.8, 4) is 5.75 Å². The second-order valence-corrected chi connectivity index (χ2v) is 5.21. The summed E-state index contributed by atoms with van der Waals surface area (Å²) in [4.78, 5) is 0. The lowest BCUT2D eigenvalue weighted by atomic mass is 10.1. The van der Waals surface area contributed by atoms with E-state index in [0.717, 1.165) is 31.7 Å². The molecule has 1 heterocycles. The number of piperidine rings is 1. The molecule has 1 aliphatic heterocycles. The predicted molar refractivity (Wildman–Crippen MR) is 85.4 cm³/mol. The fraction of sp³-hybridized carbons (Fsp3) is 0.647. The fourth-order valence-electron chi connectivity index (χ4n) is 2.29. The summed E-state index contributed by atoms with van der Waals surface area (Å²) in [5.41, 5.74) is 0. The largest absolute Gasteiger partial charge is 0.491 e. The van der Waals surface area contributed by atoms with Crippen LogP contribution in [0.25, 0.3) is 0 Å². The van der Waals surface area contributed by atoms with Crippen molar-refractivity contribution in [3.05, 3.63) is 30.3 Å². The first-order chi connectivity index (χ1) is 10.9. The number of benzene rings is 1. The van der Waals surface area contributed by atoms with Crippen molar-refractivity contribution in [1.82, 2.24) is 5.32 Å². The number of nitrogens with one attached hydrogen (secondary N) is 1. The Hall–Kier alpha value is -1.14. The van der Waals surface area contributed by atoms with Gasteiger partial charge in [-0.1, -0.05) is 18.2 Å². The van der Waals surface area contributed by atoms with Crippen LogP contribution in [0.3, 0.4) is 0 Å². The molecule has 1 aliphatic rings. The summed E-state index contributed by atoms with van der Waals surface area (Å²) in [5.74, 6) is 0.873. The lowest BCUT2D eigenvalue weighted by Gasteiger charge is -2.22. The Kier molecular flexibility index (Phi) is 8.95. The van der Waals surface area contributed by atoms with Gasteiger partial charge in [0, 0.05) is 0 Å². The van der Waals surface area contributed by atoms with Crippen LogP contribution in [0.2, 0.25) is 0 Å². The molecule has 124 valence electrons. The highest BCUT2D eigenvalue weighted by Gasteiger charge is 2.12. The average molecular weight is 309 g/mol. The molecule has 0 aromatic heterocycles. The van der Waals surface area contributed by atoms with Gasteiger partial charge >= 0.3 is 0 Å². The summed E-state index contributed by atoms with van der Waals surface area (Å²) in [6.07, 6.45) is 2.60. The number of ether oxygens (including phenoxy) is 4. The molecule has 0 amide bonds. The van der Waals surface area contributed by atoms with Crippen LogP contribution in [-0.2, 0) is 14.2 Å². The Labute approximate surface area is 132 Å². The maximum Gasteiger partial charge on any atom is 0.119 e. The Morgan fingerprint density at radius 1 is 0.818 bits per heavy atom. The van der Waals surface area contributed by atoms with Gasteiger partial charge in [-0.2, -0.15) is 0 Å². The minimum Gasteiger partial charge on any atom is -0.491 e. The summed E-state index contributed by atoms with van der Waals surface area (Å²) < 4.78 is 22.2. The zero-order chi connectivity index (χ0) is 15.3. The molecule has 1 aromatic carbocycles. The van der Waals surface area contributed by atoms with Gasteiger partial charge in [-0.3, -0.25) is 0 Å². The number of hydrogen-bond donors (Lipinski definition) is 1. The standard InChI is InChI=1S/C17H27NO4/c1-2-4-16(5-3-1)21-14-12-19-10-11-20-13-15-22-17-6-8-18-9-7-17/h1-5,17-18H,6-15H2. The van der Waals surface area contributed by atoms with Gasteiger partial charge in [0.1, 0.15) is 12.4 Å². The van der Waals surface area contributed by atoms with E-state index in [2.05, 4.69) is 5.32 Å². The highest BCUT2D eigenvalue weighted by atomic mass is 16.6. The van der Waals surface area contributed by atoms with E-state index in [1.54, 1.807) is 0 Å². The van der Waals surface area contributed by atoms with Gasteiger partial charge in [0.15, 0.2) is 0 Å². The highest BCUT2D eigenvalue weighted by Crippen LogP contribution is 2.07. The third-order valence-corrected chi connectivity index (χ3v) is 3.48. The van der Waals surface area contributed by atoms with E-state index >= 15 is 0 Å². The maximum absolute atomic E-state index is 5.75. The minimum absolute atomic E-state index is 0.399. The van der Waals surface area contributed by atoms with Gasteiger partial charge in [0.25, 0.3) is 0 Å². The van der Waals surface area contributed by atoms with Gasteiger partial charge in [-0.05, 0) is 38.1 Å². The van der Waals surface area contributed by atoms with E-state index in [1.165, 1.54) is 0 Å². The van der Waals surface area contributed by atoms with Crippen molar-refractivity contribution < 1.29 is 18.9 Å². The summed E-state index contributed by atoms with van der Waals surface area (Å²) in [5, 5.41) is 3.32. The molecule has 22 heavy (non-hydrogen) atoms. The first-order valence-electron chi connectivity index (χ1n) is 8.11. The van der Waals surface area contributed by atoms with Crippen molar-refractivity contribution >= 4 is 0 Å². The topological polar surface area (TPSA) is 49.0 Å². The lowest BCUT2D eigenvalue weighted by molar-refractivity contribution is -0.0214. The summed E-state index contributed by atoms with van der Waals surface area (Å²) in [6.45, 7) is 5.74. The predicted octanol–water partition coefficient (Wildman–Crippen LogP) is 1.87. The van der Waals surface area contributed by atoms with E-state index in [-0.39, 0.29) is 0 Å². The normalized spacial score (nSPS) is 15.8. The van der Waals surface area contributed by atoms with Gasteiger partial charge in [0.2, 0.25) is 0 Å². The molecule has 1 saturated heterocycles. The molecule has 0 radical (unpaired) electrons. The second kappa shape index (κ2) is 11.4. The fourth-order valence-corrected chi connectivity index (χ4v) is 2.29. The van der Waals surface area contributed by atoms with Crippen LogP contribution in [-0.4, -0.2) is 58.8 Å². The van der Waals surface area contributed by atoms with Crippen LogP contribution in [0.1, 0.15) is 12.8 Å². The quantitative estimate of drug-likeness (QED) is 0.632. The molecule has 0 spiro atoms. The Balaban J connectivity index is 1.32. The van der Waals surface area contributed by atoms with Crippen molar-refractivity contribution in [2.24, 2.45) is 0 Å². The highest BCUT2D eigenvalue weighted by molar-refractivity contribution is 5.20. The number of rotatable bonds is 11. The zero-order valence-electron chi connectivity index (χ0n) is 13.2. The summed E-state index contributed by atoms with van der Waals surface area (Å²) >= 11 is 0. The van der Waals surface area contributed by atoms with Crippen LogP contribution in [0.15, 0.2) is 30.3 Å². The molecule has 1 fully saturated rings. The first-order valence-corrected chi connectivity index (χ1v) is 8.11. The Morgan fingerprint density at radius 2 is 1.45 bits per heavy atom. The van der Waals surface area contributed by atoms with Crippen LogP contribution in [0, 0.1) is 0 Å². The Morgan fingerprint density at radius 3 is 2.18 bits per heavy atom. The first kappa shape index (κ1) is 17.2. The van der Waals surface area contributed by atoms with E-state index in [4.69, 9.17) is 18.9 Å². The summed E-state index contributed by atoms with van der Waals surface area (Å²) in [6, 6.07) is 9.75. The second-order valence-electron chi connectivity index (χ2n) is 5.21. The van der Waals surface area contributed by atoms with Crippen LogP contribution < -0.4 is 10.1 Å². The molecule has 1 N–H and O–H groups in total. The molecule has 2 rings (SSSR count). The number of para-hydroxylation sites is 1. The van der Waals surface area contributed by atoms with Crippen molar-refractivity contribution in [3.63, 3.8) is 0 Å². The van der Waals surface area contributed by atoms with Crippen LogP contribution in [0.4, 0.5) is 0 Å². The van der Waals surface area contributed by atoms with Gasteiger partial charge in [-0.15, -0.1) is 0 Å². The van der Waals surface area contributed by atoms with Crippen molar-refractivity contribution in [1.29, 1.82) is 0 Å². The van der Waals surface area contributed by atoms with Crippen LogP contribution in [0.5, 0.6) is 5.75 Å². The molecule has 5 nitrogen and oxygen atoms in total. The Bertz CT molecular complexity index is 368. The van der Waals surface area contributed by atoms with E-state index in [0.29, 0.717) is 45.7 Å². The minimum atomic E-state index is 0.399. The molecule has 0 aliphatic carbocycles. The van der Waals surface area contributed by atoms with Gasteiger partial charge < -0.3 is 24.3 Å². The summed E-state index contributed by atoms with van der Waals surface area (Å²) in [7, 11) is 0. The maximum atomic E-state index is 5.75. The van der Waals surface area contributed by atoms with E-state index in [9.17, 15) is 0 Å².